The van der Waals surface area contributed by atoms with Crippen molar-refractivity contribution >= 4 is 41.3 Å². The summed E-state index contributed by atoms with van der Waals surface area (Å²) in [6, 6.07) is 0.983. The van der Waals surface area contributed by atoms with E-state index >= 15 is 0 Å². The van der Waals surface area contributed by atoms with Gasteiger partial charge in [0.25, 0.3) is 0 Å². The van der Waals surface area contributed by atoms with Crippen LogP contribution in [-0.2, 0) is 44.7 Å². The predicted molar refractivity (Wildman–Crippen MR) is 210 cm³/mol. The van der Waals surface area contributed by atoms with Crippen molar-refractivity contribution in [3.05, 3.63) is 29.8 Å². The van der Waals surface area contributed by atoms with E-state index in [0.29, 0.717) is 50.6 Å². The van der Waals surface area contributed by atoms with Gasteiger partial charge in [0, 0.05) is 25.4 Å². The van der Waals surface area contributed by atoms with Crippen LogP contribution >= 0.6 is 0 Å². The molecular weight excluding hydrogens is 720 g/mol. The maximum Gasteiger partial charge on any atom is 0.329 e. The normalized spacial score (nSPS) is 20.1. The Kier molecular flexibility index (Phi) is 17.3. The number of Topliss-reactive ketones (excluding diaryl/α,β-unsaturated/α-hetero) is 1. The summed E-state index contributed by atoms with van der Waals surface area (Å²) < 4.78 is 5.43. The number of hydrogen-bond acceptors (Lipinski definition) is 10. The molecule has 3 rings (SSSR count). The molecule has 0 aromatic heterocycles. The molecule has 5 amide bonds. The molecule has 6 N–H and O–H groups in total. The van der Waals surface area contributed by atoms with Crippen molar-refractivity contribution in [1.29, 1.82) is 0 Å². The molecule has 0 spiro atoms. The number of aromatic hydroxyl groups is 1. The van der Waals surface area contributed by atoms with Crippen LogP contribution in [0, 0.1) is 17.8 Å². The molecule has 2 saturated heterocycles. The summed E-state index contributed by atoms with van der Waals surface area (Å²) in [5.41, 5.74) is 6.38. The van der Waals surface area contributed by atoms with Crippen molar-refractivity contribution in [3.8, 4) is 5.75 Å². The average Bonchev–Trinajstić information content (AvgIpc) is 3.84. The molecule has 8 atom stereocenters. The summed E-state index contributed by atoms with van der Waals surface area (Å²) in [5.74, 6) is -4.36. The summed E-state index contributed by atoms with van der Waals surface area (Å²) >= 11 is 0. The molecule has 2 heterocycles. The maximum atomic E-state index is 14.2. The second-order valence-electron chi connectivity index (χ2n) is 16.2. The summed E-state index contributed by atoms with van der Waals surface area (Å²) in [6.07, 6.45) is 2.39. The first-order chi connectivity index (χ1) is 26.3. The minimum Gasteiger partial charge on any atom is -0.508 e. The minimum atomic E-state index is -1.01. The molecule has 0 aliphatic carbocycles. The monoisotopic (exact) mass is 784 g/mol. The van der Waals surface area contributed by atoms with Crippen molar-refractivity contribution < 1.29 is 43.4 Å². The van der Waals surface area contributed by atoms with Gasteiger partial charge in [0.2, 0.25) is 29.5 Å². The van der Waals surface area contributed by atoms with Crippen LogP contribution in [0.1, 0.15) is 106 Å². The Morgan fingerprint density at radius 2 is 1.39 bits per heavy atom. The van der Waals surface area contributed by atoms with E-state index in [1.165, 1.54) is 35.8 Å². The van der Waals surface area contributed by atoms with Gasteiger partial charge in [0.15, 0.2) is 5.78 Å². The zero-order valence-electron chi connectivity index (χ0n) is 34.3. The average molecular weight is 785 g/mol. The molecule has 2 aliphatic heterocycles. The second-order valence-corrected chi connectivity index (χ2v) is 16.2. The number of benzene rings is 1. The fourth-order valence-corrected chi connectivity index (χ4v) is 7.27. The lowest BCUT2D eigenvalue weighted by molar-refractivity contribution is -0.157. The largest absolute Gasteiger partial charge is 0.508 e. The van der Waals surface area contributed by atoms with Crippen LogP contribution in [0.4, 0.5) is 0 Å². The highest BCUT2D eigenvalue weighted by molar-refractivity contribution is 5.97. The highest BCUT2D eigenvalue weighted by atomic mass is 16.5. The Bertz CT molecular complexity index is 1550. The van der Waals surface area contributed by atoms with E-state index in [1.807, 2.05) is 27.7 Å². The molecule has 312 valence electrons. The lowest BCUT2D eigenvalue weighted by atomic mass is 9.89. The number of carbonyl (C=O) groups excluding carboxylic acids is 7. The number of likely N-dealkylation sites (tertiary alicyclic amines) is 2. The van der Waals surface area contributed by atoms with Crippen LogP contribution in [0.15, 0.2) is 24.3 Å². The van der Waals surface area contributed by atoms with Crippen LogP contribution in [-0.4, -0.2) is 112 Å². The van der Waals surface area contributed by atoms with E-state index in [0.717, 1.165) is 0 Å². The Balaban J connectivity index is 1.81. The Hall–Kier alpha value is -4.53. The zero-order valence-corrected chi connectivity index (χ0v) is 34.3. The van der Waals surface area contributed by atoms with Gasteiger partial charge in [-0.2, -0.15) is 0 Å². The quantitative estimate of drug-likeness (QED) is 0.129. The fraction of sp³-hybridized carbons (Fsp3) is 0.683. The standard InChI is InChI=1S/C41H64N6O9/c1-9-25(6)35(40(54)47-19-11-13-33(47)41(55)56-24(4)5)45-37(51)29(21-28-14-16-30(48)17-15-28)22-34(49)32-12-10-18-46(32)39(53)27(8)43-38(52)31(20-23(2)3)44-36(50)26(7)42/h14-17,23-27,29,31-33,35,48H,9-13,18-22,42H2,1-8H3,(H,43,52)(H,44,50)(H,45,51)/t25-,26+,27+,29+,31+,32-,33+,35-/m0/s1. The lowest BCUT2D eigenvalue weighted by Gasteiger charge is -2.32. The molecule has 15 nitrogen and oxygen atoms in total. The van der Waals surface area contributed by atoms with E-state index in [2.05, 4.69) is 16.0 Å². The van der Waals surface area contributed by atoms with Gasteiger partial charge in [-0.15, -0.1) is 0 Å². The third-order valence-corrected chi connectivity index (χ3v) is 10.6. The fourth-order valence-electron chi connectivity index (χ4n) is 7.27. The number of nitrogens with one attached hydrogen (secondary N) is 3. The molecule has 1 aromatic rings. The van der Waals surface area contributed by atoms with Crippen LogP contribution < -0.4 is 21.7 Å². The number of amides is 5. The summed E-state index contributed by atoms with van der Waals surface area (Å²) in [7, 11) is 0. The zero-order chi connectivity index (χ0) is 41.9. The highest BCUT2D eigenvalue weighted by Crippen LogP contribution is 2.26. The summed E-state index contributed by atoms with van der Waals surface area (Å²) in [6.45, 7) is 14.7. The molecule has 56 heavy (non-hydrogen) atoms. The number of nitrogens with zero attached hydrogens (tertiary/aromatic N) is 2. The van der Waals surface area contributed by atoms with E-state index in [4.69, 9.17) is 10.5 Å². The first-order valence-corrected chi connectivity index (χ1v) is 20.1. The van der Waals surface area contributed by atoms with Gasteiger partial charge >= 0.3 is 5.97 Å². The molecule has 2 aliphatic rings. The molecule has 0 saturated carbocycles. The van der Waals surface area contributed by atoms with Gasteiger partial charge in [-0.05, 0) is 95.8 Å². The number of ketones is 1. The van der Waals surface area contributed by atoms with Gasteiger partial charge in [0.05, 0.1) is 18.2 Å². The SMILES string of the molecule is CC[C@H](C)[C@H](NC(=O)[C@@H](CC(=O)[C@@H]1CCCN1C(=O)[C@@H](C)NC(=O)[C@@H](CC(C)C)NC(=O)[C@@H](C)N)Cc1ccc(O)cc1)C(=O)N1CCC[C@@H]1C(=O)OC(C)C. The Morgan fingerprint density at radius 1 is 0.804 bits per heavy atom. The number of esters is 1. The number of carbonyl (C=O) groups is 7. The summed E-state index contributed by atoms with van der Waals surface area (Å²) in [5, 5.41) is 18.2. The minimum absolute atomic E-state index is 0.0394. The number of phenols is 1. The number of ether oxygens (including phenoxy) is 1. The first-order valence-electron chi connectivity index (χ1n) is 20.1. The number of rotatable bonds is 19. The molecule has 0 bridgehead atoms. The van der Waals surface area contributed by atoms with Crippen molar-refractivity contribution in [3.63, 3.8) is 0 Å². The van der Waals surface area contributed by atoms with Gasteiger partial charge < -0.3 is 41.3 Å². The van der Waals surface area contributed by atoms with E-state index in [1.54, 1.807) is 26.0 Å². The second kappa shape index (κ2) is 21.1. The molecule has 2 fully saturated rings. The smallest absolute Gasteiger partial charge is 0.329 e. The number of nitrogens with two attached hydrogens (primary N) is 1. The molecule has 1 aromatic carbocycles. The molecule has 15 heteroatoms. The Labute approximate surface area is 331 Å². The third-order valence-electron chi connectivity index (χ3n) is 10.6. The molecule has 0 radical (unpaired) electrons. The Morgan fingerprint density at radius 3 is 1.95 bits per heavy atom. The van der Waals surface area contributed by atoms with E-state index in [9.17, 15) is 38.7 Å². The molecular formula is C41H64N6O9. The van der Waals surface area contributed by atoms with Crippen LogP contribution in [0.5, 0.6) is 5.75 Å². The number of hydrogen-bond donors (Lipinski definition) is 5. The summed E-state index contributed by atoms with van der Waals surface area (Å²) in [4.78, 5) is 97.6. The van der Waals surface area contributed by atoms with Gasteiger partial charge in [-0.3, -0.25) is 28.8 Å². The predicted octanol–water partition coefficient (Wildman–Crippen LogP) is 2.36. The van der Waals surface area contributed by atoms with Gasteiger partial charge in [-0.25, -0.2) is 4.79 Å². The molecule has 0 unspecified atom stereocenters. The highest BCUT2D eigenvalue weighted by Gasteiger charge is 2.42. The van der Waals surface area contributed by atoms with Crippen LogP contribution in [0.25, 0.3) is 0 Å². The third kappa shape index (κ3) is 12.8. The maximum absolute atomic E-state index is 14.2. The van der Waals surface area contributed by atoms with Crippen molar-refractivity contribution in [2.45, 2.75) is 149 Å². The van der Waals surface area contributed by atoms with E-state index in [-0.39, 0.29) is 54.8 Å². The van der Waals surface area contributed by atoms with Crippen molar-refractivity contribution in [2.75, 3.05) is 13.1 Å². The van der Waals surface area contributed by atoms with Crippen LogP contribution in [0.2, 0.25) is 0 Å². The first kappa shape index (κ1) is 45.9. The van der Waals surface area contributed by atoms with Crippen molar-refractivity contribution in [1.82, 2.24) is 25.8 Å². The van der Waals surface area contributed by atoms with Crippen molar-refractivity contribution in [2.24, 2.45) is 23.5 Å². The van der Waals surface area contributed by atoms with Gasteiger partial charge in [-0.1, -0.05) is 46.2 Å². The van der Waals surface area contributed by atoms with Crippen LogP contribution in [0.3, 0.4) is 0 Å². The lowest BCUT2D eigenvalue weighted by Crippen LogP contribution is -2.56. The number of phenolic OH excluding ortho intramolecular Hbond substituents is 1. The van der Waals surface area contributed by atoms with Gasteiger partial charge in [0.1, 0.15) is 29.9 Å². The topological polar surface area (TPSA) is 218 Å². The van der Waals surface area contributed by atoms with E-state index < -0.39 is 71.8 Å².